The maximum atomic E-state index is 11.5. The topological polar surface area (TPSA) is 90.1 Å². The molecule has 1 heterocycles. The SMILES string of the molecule is Cn1cnc([N+](=O)[O-])c1C(=O)NCCCl. The minimum Gasteiger partial charge on any atom is -0.358 e. The number of hydrogen-bond donors (Lipinski definition) is 1. The van der Waals surface area contributed by atoms with Gasteiger partial charge in [-0.1, -0.05) is 0 Å². The van der Waals surface area contributed by atoms with Gasteiger partial charge in [-0.15, -0.1) is 11.6 Å². The smallest absolute Gasteiger partial charge is 0.358 e. The Morgan fingerprint density at radius 2 is 2.47 bits per heavy atom. The van der Waals surface area contributed by atoms with E-state index in [0.717, 1.165) is 0 Å². The molecular weight excluding hydrogens is 224 g/mol. The molecule has 1 N–H and O–H groups in total. The monoisotopic (exact) mass is 232 g/mol. The second-order valence-electron chi connectivity index (χ2n) is 2.73. The average molecular weight is 233 g/mol. The summed E-state index contributed by atoms with van der Waals surface area (Å²) in [7, 11) is 1.51. The Kier molecular flexibility index (Phi) is 3.62. The lowest BCUT2D eigenvalue weighted by Gasteiger charge is -2.02. The van der Waals surface area contributed by atoms with E-state index in [9.17, 15) is 14.9 Å². The van der Waals surface area contributed by atoms with Gasteiger partial charge in [-0.25, -0.2) is 0 Å². The lowest BCUT2D eigenvalue weighted by molar-refractivity contribution is -0.389. The zero-order valence-corrected chi connectivity index (χ0v) is 8.69. The Morgan fingerprint density at radius 3 is 3.00 bits per heavy atom. The lowest BCUT2D eigenvalue weighted by Crippen LogP contribution is -2.27. The van der Waals surface area contributed by atoms with Gasteiger partial charge in [0.15, 0.2) is 0 Å². The molecule has 0 aliphatic heterocycles. The van der Waals surface area contributed by atoms with Crippen LogP contribution >= 0.6 is 11.6 Å². The fourth-order valence-corrected chi connectivity index (χ4v) is 1.15. The summed E-state index contributed by atoms with van der Waals surface area (Å²) in [5.41, 5.74) is -0.0786. The van der Waals surface area contributed by atoms with Crippen molar-refractivity contribution < 1.29 is 9.72 Å². The fraction of sp³-hybridized carbons (Fsp3) is 0.429. The van der Waals surface area contributed by atoms with E-state index >= 15 is 0 Å². The van der Waals surface area contributed by atoms with Gasteiger partial charge >= 0.3 is 5.82 Å². The molecule has 0 radical (unpaired) electrons. The number of hydrogen-bond acceptors (Lipinski definition) is 4. The van der Waals surface area contributed by atoms with E-state index in [-0.39, 0.29) is 18.1 Å². The third-order valence-electron chi connectivity index (χ3n) is 1.69. The van der Waals surface area contributed by atoms with Crippen LogP contribution in [0.5, 0.6) is 0 Å². The Morgan fingerprint density at radius 1 is 1.80 bits per heavy atom. The first-order valence-corrected chi connectivity index (χ1v) is 4.61. The Labute approximate surface area is 90.2 Å². The number of rotatable bonds is 4. The molecule has 1 aromatic rings. The van der Waals surface area contributed by atoms with Crippen LogP contribution in [-0.4, -0.2) is 32.8 Å². The number of nitro groups is 1. The molecule has 0 fully saturated rings. The number of aromatic nitrogens is 2. The van der Waals surface area contributed by atoms with Gasteiger partial charge in [0.25, 0.3) is 5.91 Å². The Hall–Kier alpha value is -1.63. The molecule has 0 saturated carbocycles. The molecule has 7 nitrogen and oxygen atoms in total. The van der Waals surface area contributed by atoms with Crippen molar-refractivity contribution in [3.8, 4) is 0 Å². The molecule has 1 aromatic heterocycles. The van der Waals surface area contributed by atoms with Crippen molar-refractivity contribution in [2.75, 3.05) is 12.4 Å². The zero-order chi connectivity index (χ0) is 11.4. The van der Waals surface area contributed by atoms with Crippen LogP contribution in [-0.2, 0) is 7.05 Å². The largest absolute Gasteiger partial charge is 0.394 e. The van der Waals surface area contributed by atoms with Crippen molar-refractivity contribution in [2.45, 2.75) is 0 Å². The molecule has 82 valence electrons. The van der Waals surface area contributed by atoms with Gasteiger partial charge in [0.1, 0.15) is 0 Å². The molecule has 0 aliphatic carbocycles. The maximum Gasteiger partial charge on any atom is 0.394 e. The summed E-state index contributed by atoms with van der Waals surface area (Å²) >= 11 is 5.38. The van der Waals surface area contributed by atoms with Gasteiger partial charge in [-0.2, -0.15) is 0 Å². The molecule has 0 saturated heterocycles. The molecule has 0 aromatic carbocycles. The molecule has 0 unspecified atom stereocenters. The quantitative estimate of drug-likeness (QED) is 0.459. The minimum absolute atomic E-state index is 0.0786. The molecule has 0 aliphatic rings. The van der Waals surface area contributed by atoms with Crippen molar-refractivity contribution in [3.05, 3.63) is 22.1 Å². The summed E-state index contributed by atoms with van der Waals surface area (Å²) in [6.45, 7) is 0.253. The third-order valence-corrected chi connectivity index (χ3v) is 1.87. The second kappa shape index (κ2) is 4.74. The van der Waals surface area contributed by atoms with E-state index < -0.39 is 16.6 Å². The van der Waals surface area contributed by atoms with Gasteiger partial charge in [0.05, 0.1) is 0 Å². The van der Waals surface area contributed by atoms with Crippen molar-refractivity contribution in [1.82, 2.24) is 14.9 Å². The normalized spacial score (nSPS) is 10.0. The highest BCUT2D eigenvalue weighted by atomic mass is 35.5. The van der Waals surface area contributed by atoms with Crippen LogP contribution in [0.2, 0.25) is 0 Å². The number of nitrogens with one attached hydrogen (secondary N) is 1. The van der Waals surface area contributed by atoms with E-state index in [1.807, 2.05) is 0 Å². The number of aryl methyl sites for hydroxylation is 1. The number of carbonyl (C=O) groups is 1. The van der Waals surface area contributed by atoms with Gasteiger partial charge < -0.3 is 20.0 Å². The second-order valence-corrected chi connectivity index (χ2v) is 3.11. The number of alkyl halides is 1. The van der Waals surface area contributed by atoms with Crippen LogP contribution in [0.1, 0.15) is 10.5 Å². The van der Waals surface area contributed by atoms with Crippen LogP contribution in [0.25, 0.3) is 0 Å². The number of nitrogens with zero attached hydrogens (tertiary/aromatic N) is 3. The average Bonchev–Trinajstić information content (AvgIpc) is 2.56. The summed E-state index contributed by atoms with van der Waals surface area (Å²) in [4.78, 5) is 24.8. The van der Waals surface area contributed by atoms with E-state index in [2.05, 4.69) is 10.3 Å². The highest BCUT2D eigenvalue weighted by molar-refractivity contribution is 6.18. The Balaban J connectivity index is 2.96. The predicted molar refractivity (Wildman–Crippen MR) is 52.9 cm³/mol. The number of halogens is 1. The minimum atomic E-state index is -0.699. The van der Waals surface area contributed by atoms with Crippen molar-refractivity contribution in [1.29, 1.82) is 0 Å². The van der Waals surface area contributed by atoms with Crippen molar-refractivity contribution in [3.63, 3.8) is 0 Å². The first-order valence-electron chi connectivity index (χ1n) is 4.07. The van der Waals surface area contributed by atoms with E-state index in [0.29, 0.717) is 0 Å². The summed E-state index contributed by atoms with van der Waals surface area (Å²) in [6.07, 6.45) is 1.22. The molecule has 15 heavy (non-hydrogen) atoms. The zero-order valence-electron chi connectivity index (χ0n) is 7.94. The van der Waals surface area contributed by atoms with Crippen LogP contribution in [0.15, 0.2) is 6.33 Å². The van der Waals surface area contributed by atoms with Crippen LogP contribution in [0.4, 0.5) is 5.82 Å². The molecule has 0 spiro atoms. The van der Waals surface area contributed by atoms with Gasteiger partial charge in [0, 0.05) is 19.5 Å². The molecular formula is C7H9ClN4O3. The predicted octanol–water partition coefficient (Wildman–Crippen LogP) is 0.297. The number of carbonyl (C=O) groups excluding carboxylic acids is 1. The first-order chi connectivity index (χ1) is 7.07. The molecule has 0 atom stereocenters. The van der Waals surface area contributed by atoms with E-state index in [4.69, 9.17) is 11.6 Å². The van der Waals surface area contributed by atoms with Crippen LogP contribution in [0, 0.1) is 10.1 Å². The fourth-order valence-electron chi connectivity index (χ4n) is 1.06. The lowest BCUT2D eigenvalue weighted by atomic mass is 10.4. The summed E-state index contributed by atoms with van der Waals surface area (Å²) in [5.74, 6) is -0.760. The van der Waals surface area contributed by atoms with Crippen molar-refractivity contribution >= 4 is 23.3 Å². The third kappa shape index (κ3) is 2.44. The van der Waals surface area contributed by atoms with Gasteiger partial charge in [-0.3, -0.25) is 4.79 Å². The molecule has 0 bridgehead atoms. The van der Waals surface area contributed by atoms with Gasteiger partial charge in [0.2, 0.25) is 12.0 Å². The number of imidazole rings is 1. The molecule has 1 rings (SSSR count). The van der Waals surface area contributed by atoms with E-state index in [1.54, 1.807) is 0 Å². The van der Waals surface area contributed by atoms with Gasteiger partial charge in [-0.05, 0) is 9.91 Å². The Bertz CT molecular complexity index is 390. The van der Waals surface area contributed by atoms with E-state index in [1.165, 1.54) is 17.9 Å². The summed E-state index contributed by atoms with van der Waals surface area (Å²) < 4.78 is 1.29. The van der Waals surface area contributed by atoms with Crippen LogP contribution < -0.4 is 5.32 Å². The first kappa shape index (κ1) is 11.4. The summed E-state index contributed by atoms with van der Waals surface area (Å²) in [6, 6.07) is 0. The number of amides is 1. The highest BCUT2D eigenvalue weighted by Crippen LogP contribution is 2.14. The molecule has 1 amide bonds. The maximum absolute atomic E-state index is 11.5. The standard InChI is InChI=1S/C7H9ClN4O3/c1-11-4-10-6(12(14)15)5(11)7(13)9-3-2-8/h4H,2-3H2,1H3,(H,9,13). The van der Waals surface area contributed by atoms with Crippen molar-refractivity contribution in [2.24, 2.45) is 7.05 Å². The summed E-state index contributed by atoms with van der Waals surface area (Å²) in [5, 5.41) is 13.0. The van der Waals surface area contributed by atoms with Crippen LogP contribution in [0.3, 0.4) is 0 Å². The molecule has 8 heteroatoms. The highest BCUT2D eigenvalue weighted by Gasteiger charge is 2.25.